The number of piperazine rings is 1. The van der Waals surface area contributed by atoms with E-state index in [2.05, 4.69) is 33.3 Å². The first-order chi connectivity index (χ1) is 13.1. The molecule has 0 radical (unpaired) electrons. The molecule has 1 N–H and O–H groups in total. The number of hydrogen-bond acceptors (Lipinski definition) is 4. The second-order valence-corrected chi connectivity index (χ2v) is 7.17. The Morgan fingerprint density at radius 3 is 2.26 bits per heavy atom. The summed E-state index contributed by atoms with van der Waals surface area (Å²) in [6.07, 6.45) is 0.469. The van der Waals surface area contributed by atoms with Gasteiger partial charge in [-0.05, 0) is 42.0 Å². The minimum Gasteiger partial charge on any atom is -0.326 e. The molecule has 0 unspecified atom stereocenters. The zero-order chi connectivity index (χ0) is 19.1. The minimum atomic E-state index is 0.00306. The quantitative estimate of drug-likeness (QED) is 0.832. The van der Waals surface area contributed by atoms with Crippen LogP contribution in [0.5, 0.6) is 0 Å². The fourth-order valence-electron chi connectivity index (χ4n) is 3.13. The lowest BCUT2D eigenvalue weighted by Gasteiger charge is -2.34. The molecular formula is C21H23ClN4O. The molecule has 2 aromatic carbocycles. The number of nitrogens with zero attached hydrogens (tertiary/aromatic N) is 3. The topological polar surface area (TPSA) is 59.4 Å². The Hall–Kier alpha value is -2.39. The van der Waals surface area contributed by atoms with Crippen LogP contribution in [0.3, 0.4) is 0 Å². The maximum atomic E-state index is 12.1. The predicted molar refractivity (Wildman–Crippen MR) is 108 cm³/mol. The summed E-state index contributed by atoms with van der Waals surface area (Å²) in [5.74, 6) is 0.00306. The van der Waals surface area contributed by atoms with Gasteiger partial charge in [0.2, 0.25) is 5.91 Å². The van der Waals surface area contributed by atoms with E-state index in [1.54, 1.807) is 24.3 Å². The molecular weight excluding hydrogens is 360 g/mol. The van der Waals surface area contributed by atoms with Crippen LogP contribution in [-0.2, 0) is 11.3 Å². The lowest BCUT2D eigenvalue weighted by molar-refractivity contribution is -0.116. The van der Waals surface area contributed by atoms with Crippen molar-refractivity contribution in [2.24, 2.45) is 0 Å². The maximum absolute atomic E-state index is 12.1. The number of nitrogens with one attached hydrogen (secondary N) is 1. The molecule has 1 fully saturated rings. The van der Waals surface area contributed by atoms with Crippen LogP contribution in [0.4, 0.5) is 5.69 Å². The Bertz CT molecular complexity index is 790. The van der Waals surface area contributed by atoms with Gasteiger partial charge in [0.1, 0.15) is 0 Å². The van der Waals surface area contributed by atoms with Crippen LogP contribution in [0.1, 0.15) is 17.5 Å². The summed E-state index contributed by atoms with van der Waals surface area (Å²) in [5.41, 5.74) is 2.59. The third-order valence-electron chi connectivity index (χ3n) is 4.74. The normalized spacial score (nSPS) is 15.3. The van der Waals surface area contributed by atoms with Gasteiger partial charge in [-0.1, -0.05) is 23.7 Å². The summed E-state index contributed by atoms with van der Waals surface area (Å²) in [6, 6.07) is 17.0. The van der Waals surface area contributed by atoms with Crippen LogP contribution in [-0.4, -0.2) is 48.4 Å². The Morgan fingerprint density at radius 2 is 1.63 bits per heavy atom. The highest BCUT2D eigenvalue weighted by Gasteiger charge is 2.17. The van der Waals surface area contributed by atoms with E-state index in [1.165, 1.54) is 5.56 Å². The average Bonchev–Trinajstić information content (AvgIpc) is 2.70. The Kier molecular flexibility index (Phi) is 6.83. The van der Waals surface area contributed by atoms with E-state index in [9.17, 15) is 4.79 Å². The largest absolute Gasteiger partial charge is 0.326 e. The summed E-state index contributed by atoms with van der Waals surface area (Å²) >= 11 is 5.93. The highest BCUT2D eigenvalue weighted by atomic mass is 35.5. The standard InChI is InChI=1S/C21H23ClN4O/c22-19-5-1-18(2-6-19)16-26-13-11-25(12-14-26)10-9-21(27)24-20-7-3-17(15-23)4-8-20/h1-8H,9-14,16H2,(H,24,27). The van der Waals surface area contributed by atoms with Gasteiger partial charge in [-0.25, -0.2) is 0 Å². The summed E-state index contributed by atoms with van der Waals surface area (Å²) in [6.45, 7) is 5.64. The van der Waals surface area contributed by atoms with Crippen molar-refractivity contribution in [3.05, 3.63) is 64.7 Å². The van der Waals surface area contributed by atoms with E-state index in [4.69, 9.17) is 16.9 Å². The molecule has 1 amide bonds. The van der Waals surface area contributed by atoms with Crippen molar-refractivity contribution >= 4 is 23.2 Å². The Labute approximate surface area is 165 Å². The molecule has 0 atom stereocenters. The third kappa shape index (κ3) is 6.07. The van der Waals surface area contributed by atoms with Crippen LogP contribution >= 0.6 is 11.6 Å². The van der Waals surface area contributed by atoms with Gasteiger partial charge in [0.15, 0.2) is 0 Å². The number of rotatable bonds is 6. The van der Waals surface area contributed by atoms with E-state index < -0.39 is 0 Å². The molecule has 1 aliphatic heterocycles. The van der Waals surface area contributed by atoms with Gasteiger partial charge in [0.05, 0.1) is 11.6 Å². The van der Waals surface area contributed by atoms with E-state index in [-0.39, 0.29) is 5.91 Å². The van der Waals surface area contributed by atoms with Gasteiger partial charge in [0.25, 0.3) is 0 Å². The number of nitriles is 1. The van der Waals surface area contributed by atoms with Gasteiger partial charge >= 0.3 is 0 Å². The molecule has 0 aromatic heterocycles. The number of benzene rings is 2. The first kappa shape index (κ1) is 19.4. The van der Waals surface area contributed by atoms with Crippen LogP contribution < -0.4 is 5.32 Å². The average molecular weight is 383 g/mol. The molecule has 0 aliphatic carbocycles. The molecule has 0 saturated carbocycles. The predicted octanol–water partition coefficient (Wildman–Crippen LogP) is 3.36. The first-order valence-electron chi connectivity index (χ1n) is 9.11. The second-order valence-electron chi connectivity index (χ2n) is 6.73. The molecule has 27 heavy (non-hydrogen) atoms. The van der Waals surface area contributed by atoms with Gasteiger partial charge in [-0.15, -0.1) is 0 Å². The smallest absolute Gasteiger partial charge is 0.225 e. The lowest BCUT2D eigenvalue weighted by Crippen LogP contribution is -2.46. The molecule has 140 valence electrons. The van der Waals surface area contributed by atoms with Gasteiger partial charge < -0.3 is 10.2 Å². The Balaban J connectivity index is 1.36. The molecule has 3 rings (SSSR count). The molecule has 0 bridgehead atoms. The summed E-state index contributed by atoms with van der Waals surface area (Å²) < 4.78 is 0. The zero-order valence-corrected chi connectivity index (χ0v) is 16.0. The fourth-order valence-corrected chi connectivity index (χ4v) is 3.26. The summed E-state index contributed by atoms with van der Waals surface area (Å²) in [4.78, 5) is 16.9. The van der Waals surface area contributed by atoms with Gasteiger partial charge in [-0.3, -0.25) is 9.69 Å². The number of halogens is 1. The van der Waals surface area contributed by atoms with E-state index >= 15 is 0 Å². The van der Waals surface area contributed by atoms with Crippen LogP contribution in [0.25, 0.3) is 0 Å². The highest BCUT2D eigenvalue weighted by Crippen LogP contribution is 2.13. The van der Waals surface area contributed by atoms with E-state index in [1.807, 2.05) is 12.1 Å². The van der Waals surface area contributed by atoms with Crippen molar-refractivity contribution in [2.75, 3.05) is 38.0 Å². The number of carbonyl (C=O) groups is 1. The van der Waals surface area contributed by atoms with Gasteiger partial charge in [0, 0.05) is 56.4 Å². The third-order valence-corrected chi connectivity index (χ3v) is 4.99. The number of amides is 1. The van der Waals surface area contributed by atoms with Crippen molar-refractivity contribution in [1.29, 1.82) is 5.26 Å². The highest BCUT2D eigenvalue weighted by molar-refractivity contribution is 6.30. The number of anilines is 1. The van der Waals surface area contributed by atoms with Gasteiger partial charge in [-0.2, -0.15) is 5.26 Å². The van der Waals surface area contributed by atoms with Crippen LogP contribution in [0, 0.1) is 11.3 Å². The number of hydrogen-bond donors (Lipinski definition) is 1. The second kappa shape index (κ2) is 9.52. The van der Waals surface area contributed by atoms with Crippen molar-refractivity contribution in [3.8, 4) is 6.07 Å². The van der Waals surface area contributed by atoms with E-state index in [0.717, 1.165) is 50.0 Å². The lowest BCUT2D eigenvalue weighted by atomic mass is 10.2. The molecule has 0 spiro atoms. The van der Waals surface area contributed by atoms with Crippen molar-refractivity contribution < 1.29 is 4.79 Å². The minimum absolute atomic E-state index is 0.00306. The molecule has 5 nitrogen and oxygen atoms in total. The summed E-state index contributed by atoms with van der Waals surface area (Å²) in [5, 5.41) is 12.4. The fraction of sp³-hybridized carbons (Fsp3) is 0.333. The van der Waals surface area contributed by atoms with Crippen molar-refractivity contribution in [3.63, 3.8) is 0 Å². The summed E-state index contributed by atoms with van der Waals surface area (Å²) in [7, 11) is 0. The first-order valence-corrected chi connectivity index (χ1v) is 9.49. The van der Waals surface area contributed by atoms with Crippen LogP contribution in [0.2, 0.25) is 5.02 Å². The van der Waals surface area contributed by atoms with Crippen molar-refractivity contribution in [1.82, 2.24) is 9.80 Å². The monoisotopic (exact) mass is 382 g/mol. The molecule has 2 aromatic rings. The molecule has 1 aliphatic rings. The molecule has 1 heterocycles. The van der Waals surface area contributed by atoms with E-state index in [0.29, 0.717) is 12.0 Å². The Morgan fingerprint density at radius 1 is 1.00 bits per heavy atom. The number of carbonyl (C=O) groups excluding carboxylic acids is 1. The van der Waals surface area contributed by atoms with Crippen LogP contribution in [0.15, 0.2) is 48.5 Å². The zero-order valence-electron chi connectivity index (χ0n) is 15.2. The molecule has 6 heteroatoms. The maximum Gasteiger partial charge on any atom is 0.225 e. The SMILES string of the molecule is N#Cc1ccc(NC(=O)CCN2CCN(Cc3ccc(Cl)cc3)CC2)cc1. The molecule has 1 saturated heterocycles. The van der Waals surface area contributed by atoms with Crippen molar-refractivity contribution in [2.45, 2.75) is 13.0 Å².